The van der Waals surface area contributed by atoms with Crippen LogP contribution in [0.15, 0.2) is 6.07 Å². The Hall–Kier alpha value is -1.50. The Bertz CT molecular complexity index is 336. The fraction of sp³-hybridized carbons (Fsp3) is 0.375. The molecule has 0 amide bonds. The van der Waals surface area contributed by atoms with Crippen LogP contribution in [-0.4, -0.2) is 35.6 Å². The highest BCUT2D eigenvalue weighted by molar-refractivity contribution is 8.13. The Labute approximate surface area is 91.9 Å². The monoisotopic (exact) mass is 228 g/mol. The van der Waals surface area contributed by atoms with E-state index >= 15 is 0 Å². The van der Waals surface area contributed by atoms with Crippen LogP contribution in [0.1, 0.15) is 0 Å². The van der Waals surface area contributed by atoms with Gasteiger partial charge in [-0.3, -0.25) is 5.41 Å². The van der Waals surface area contributed by atoms with Crippen molar-refractivity contribution in [3.8, 4) is 11.8 Å². The number of aromatic nitrogens is 2. The third-order valence-electron chi connectivity index (χ3n) is 1.53. The van der Waals surface area contributed by atoms with Crippen LogP contribution in [0.25, 0.3) is 0 Å². The number of rotatable bonds is 3. The average Bonchev–Trinajstić information content (AvgIpc) is 2.28. The molecule has 0 bridgehead atoms. The van der Waals surface area contributed by atoms with Gasteiger partial charge in [0, 0.05) is 0 Å². The molecular weight excluding hydrogens is 216 g/mol. The number of methoxy groups -OCH3 is 2. The minimum Gasteiger partial charge on any atom is -0.481 e. The van der Waals surface area contributed by atoms with Crippen molar-refractivity contribution in [2.75, 3.05) is 25.8 Å². The fourth-order valence-electron chi connectivity index (χ4n) is 0.822. The summed E-state index contributed by atoms with van der Waals surface area (Å²) in [7, 11) is 3.01. The van der Waals surface area contributed by atoms with E-state index in [2.05, 4.69) is 15.3 Å². The molecule has 15 heavy (non-hydrogen) atoms. The van der Waals surface area contributed by atoms with Gasteiger partial charge in [0.05, 0.1) is 20.3 Å². The van der Waals surface area contributed by atoms with Crippen LogP contribution in [0.3, 0.4) is 0 Å². The van der Waals surface area contributed by atoms with Crippen LogP contribution in [-0.2, 0) is 0 Å². The highest BCUT2D eigenvalue weighted by Gasteiger charge is 2.06. The molecule has 1 aromatic rings. The van der Waals surface area contributed by atoms with Gasteiger partial charge in [-0.1, -0.05) is 11.8 Å². The van der Waals surface area contributed by atoms with Crippen LogP contribution in [0.4, 0.5) is 5.95 Å². The van der Waals surface area contributed by atoms with E-state index in [9.17, 15) is 0 Å². The van der Waals surface area contributed by atoms with E-state index in [1.54, 1.807) is 12.3 Å². The minimum absolute atomic E-state index is 0.255. The second kappa shape index (κ2) is 5.40. The van der Waals surface area contributed by atoms with E-state index in [0.29, 0.717) is 11.8 Å². The third kappa shape index (κ3) is 3.28. The minimum atomic E-state index is 0.255. The molecule has 7 heteroatoms. The Morgan fingerprint density at radius 2 is 1.87 bits per heavy atom. The molecule has 0 aliphatic heterocycles. The number of nitrogens with one attached hydrogen (secondary N) is 2. The lowest BCUT2D eigenvalue weighted by Gasteiger charge is -2.07. The van der Waals surface area contributed by atoms with E-state index in [-0.39, 0.29) is 11.1 Å². The molecule has 1 aromatic heterocycles. The number of hydrogen-bond donors (Lipinski definition) is 2. The van der Waals surface area contributed by atoms with Gasteiger partial charge in [-0.05, 0) is 6.26 Å². The molecule has 0 aliphatic carbocycles. The summed E-state index contributed by atoms with van der Waals surface area (Å²) in [5.74, 6) is 1.06. The van der Waals surface area contributed by atoms with Gasteiger partial charge in [0.15, 0.2) is 5.17 Å². The summed E-state index contributed by atoms with van der Waals surface area (Å²) in [5.41, 5.74) is 0. The molecule has 0 aromatic carbocycles. The van der Waals surface area contributed by atoms with Crippen LogP contribution >= 0.6 is 11.8 Å². The first-order valence-corrected chi connectivity index (χ1v) is 5.28. The molecule has 0 saturated heterocycles. The number of ether oxygens (including phenoxy) is 2. The standard InChI is InChI=1S/C8H12N4O2S/c1-13-5-4-6(14-2)11-8(10-5)12-7(9)15-3/h4H,1-3H3,(H2,9,10,11,12). The zero-order valence-electron chi connectivity index (χ0n) is 8.70. The summed E-state index contributed by atoms with van der Waals surface area (Å²) >= 11 is 1.26. The molecule has 0 atom stereocenters. The first-order valence-electron chi connectivity index (χ1n) is 4.06. The maximum atomic E-state index is 7.42. The summed E-state index contributed by atoms with van der Waals surface area (Å²) in [6.07, 6.45) is 1.78. The Morgan fingerprint density at radius 3 is 2.27 bits per heavy atom. The van der Waals surface area contributed by atoms with Crippen molar-refractivity contribution in [3.63, 3.8) is 0 Å². The second-order valence-electron chi connectivity index (χ2n) is 2.43. The van der Waals surface area contributed by atoms with Gasteiger partial charge in [-0.25, -0.2) is 0 Å². The van der Waals surface area contributed by atoms with Crippen molar-refractivity contribution in [2.24, 2.45) is 0 Å². The van der Waals surface area contributed by atoms with Crippen molar-refractivity contribution in [2.45, 2.75) is 0 Å². The molecule has 0 aliphatic rings. The Balaban J connectivity index is 2.91. The number of thioether (sulfide) groups is 1. The van der Waals surface area contributed by atoms with Gasteiger partial charge in [0.1, 0.15) is 0 Å². The summed E-state index contributed by atoms with van der Waals surface area (Å²) in [6, 6.07) is 1.56. The predicted octanol–water partition coefficient (Wildman–Crippen LogP) is 1.20. The fourth-order valence-corrected chi connectivity index (χ4v) is 1.01. The smallest absolute Gasteiger partial charge is 0.235 e. The zero-order chi connectivity index (χ0) is 11.3. The van der Waals surface area contributed by atoms with Crippen LogP contribution in [0, 0.1) is 5.41 Å². The van der Waals surface area contributed by atoms with Crippen LogP contribution in [0.2, 0.25) is 0 Å². The SMILES string of the molecule is COc1cc(OC)nc(NC(=N)SC)n1. The maximum absolute atomic E-state index is 7.42. The lowest BCUT2D eigenvalue weighted by molar-refractivity contribution is 0.373. The zero-order valence-corrected chi connectivity index (χ0v) is 9.51. The first kappa shape index (κ1) is 11.6. The molecule has 0 spiro atoms. The van der Waals surface area contributed by atoms with Gasteiger partial charge >= 0.3 is 0 Å². The van der Waals surface area contributed by atoms with Crippen molar-refractivity contribution in [3.05, 3.63) is 6.07 Å². The first-order chi connectivity index (χ1) is 7.19. The van der Waals surface area contributed by atoms with E-state index in [4.69, 9.17) is 14.9 Å². The molecule has 82 valence electrons. The molecule has 1 heterocycles. The van der Waals surface area contributed by atoms with Crippen molar-refractivity contribution in [1.82, 2.24) is 9.97 Å². The number of amidine groups is 1. The summed E-state index contributed by atoms with van der Waals surface area (Å²) in [5, 5.41) is 10.4. The summed E-state index contributed by atoms with van der Waals surface area (Å²) in [6.45, 7) is 0. The summed E-state index contributed by atoms with van der Waals surface area (Å²) < 4.78 is 9.93. The lowest BCUT2D eigenvalue weighted by Crippen LogP contribution is -2.09. The maximum Gasteiger partial charge on any atom is 0.235 e. The molecule has 0 unspecified atom stereocenters. The molecular formula is C8H12N4O2S. The van der Waals surface area contributed by atoms with E-state index in [1.807, 2.05) is 0 Å². The number of nitrogens with zero attached hydrogens (tertiary/aromatic N) is 2. The molecule has 2 N–H and O–H groups in total. The van der Waals surface area contributed by atoms with Gasteiger partial charge < -0.3 is 14.8 Å². The largest absolute Gasteiger partial charge is 0.481 e. The molecule has 6 nitrogen and oxygen atoms in total. The lowest BCUT2D eigenvalue weighted by atomic mass is 10.6. The molecule has 0 radical (unpaired) electrons. The Kier molecular flexibility index (Phi) is 4.17. The number of anilines is 1. The predicted molar refractivity (Wildman–Crippen MR) is 60.0 cm³/mol. The molecule has 0 saturated carbocycles. The van der Waals surface area contributed by atoms with Gasteiger partial charge in [0.25, 0.3) is 0 Å². The van der Waals surface area contributed by atoms with Gasteiger partial charge in [-0.2, -0.15) is 9.97 Å². The van der Waals surface area contributed by atoms with Crippen molar-refractivity contribution < 1.29 is 9.47 Å². The van der Waals surface area contributed by atoms with E-state index in [0.717, 1.165) is 0 Å². The highest BCUT2D eigenvalue weighted by atomic mass is 32.2. The van der Waals surface area contributed by atoms with Crippen LogP contribution < -0.4 is 14.8 Å². The van der Waals surface area contributed by atoms with Gasteiger partial charge in [-0.15, -0.1) is 0 Å². The second-order valence-corrected chi connectivity index (χ2v) is 3.25. The molecule has 1 rings (SSSR count). The Morgan fingerprint density at radius 1 is 1.33 bits per heavy atom. The molecule has 0 fully saturated rings. The van der Waals surface area contributed by atoms with Crippen LogP contribution in [0.5, 0.6) is 11.8 Å². The topological polar surface area (TPSA) is 80.1 Å². The quantitative estimate of drug-likeness (QED) is 0.597. The third-order valence-corrected chi connectivity index (χ3v) is 2.04. The summed E-state index contributed by atoms with van der Waals surface area (Å²) in [4.78, 5) is 8.02. The van der Waals surface area contributed by atoms with E-state index in [1.165, 1.54) is 26.0 Å². The normalized spacial score (nSPS) is 9.53. The van der Waals surface area contributed by atoms with Crippen molar-refractivity contribution >= 4 is 22.9 Å². The van der Waals surface area contributed by atoms with E-state index < -0.39 is 0 Å². The number of hydrogen-bond acceptors (Lipinski definition) is 6. The van der Waals surface area contributed by atoms with Gasteiger partial charge in [0.2, 0.25) is 17.7 Å². The average molecular weight is 228 g/mol. The highest BCUT2D eigenvalue weighted by Crippen LogP contribution is 2.17. The van der Waals surface area contributed by atoms with Crippen molar-refractivity contribution in [1.29, 1.82) is 5.41 Å².